The third-order valence-electron chi connectivity index (χ3n) is 3.56. The lowest BCUT2D eigenvalue weighted by Gasteiger charge is -2.16. The first kappa shape index (κ1) is 16.7. The Balaban J connectivity index is 2.05. The molecule has 6 nitrogen and oxygen atoms in total. The zero-order valence-corrected chi connectivity index (χ0v) is 14.0. The van der Waals surface area contributed by atoms with Gasteiger partial charge in [-0.2, -0.15) is 0 Å². The zero-order chi connectivity index (χ0) is 17.9. The second-order valence-corrected chi connectivity index (χ2v) is 7.26. The van der Waals surface area contributed by atoms with E-state index in [-0.39, 0.29) is 10.6 Å². The quantitative estimate of drug-likeness (QED) is 0.430. The molecule has 2 aromatic carbocycles. The summed E-state index contributed by atoms with van der Waals surface area (Å²) in [5.74, 6) is 3.71. The third kappa shape index (κ3) is 3.51. The van der Waals surface area contributed by atoms with Crippen LogP contribution in [0.2, 0.25) is 0 Å². The molecule has 0 fully saturated rings. The van der Waals surface area contributed by atoms with Gasteiger partial charge in [0.2, 0.25) is 0 Å². The number of nitrogens with zero attached hydrogens (tertiary/aromatic N) is 2. The fourth-order valence-corrected chi connectivity index (χ4v) is 3.86. The van der Waals surface area contributed by atoms with Crippen LogP contribution in [-0.4, -0.2) is 20.0 Å². The predicted octanol–water partition coefficient (Wildman–Crippen LogP) is 3.76. The van der Waals surface area contributed by atoms with E-state index in [1.807, 2.05) is 24.3 Å². The summed E-state index contributed by atoms with van der Waals surface area (Å²) >= 11 is 0. The largest absolute Gasteiger partial charge is 0.308 e. The number of pyridine rings is 1. The fourth-order valence-electron chi connectivity index (χ4n) is 2.44. The number of nitro benzene ring substituents is 1. The molecule has 0 radical (unpaired) electrons. The van der Waals surface area contributed by atoms with E-state index in [4.69, 9.17) is 0 Å². The third-order valence-corrected chi connectivity index (χ3v) is 5.17. The number of hydrogen-bond acceptors (Lipinski definition) is 4. The van der Waals surface area contributed by atoms with E-state index < -0.39 is 14.6 Å². The maximum atomic E-state index is 13.1. The molecular weight excluding hydrogens is 338 g/mol. The number of para-hydroxylation sites is 2. The average Bonchev–Trinajstić information content (AvgIpc) is 2.62. The SMILES string of the molecule is C=S(=O)(Nc1ccccc1-c1ccccn1)c1ccccc1[N+](=O)[O-]. The highest BCUT2D eigenvalue weighted by Gasteiger charge is 2.21. The summed E-state index contributed by atoms with van der Waals surface area (Å²) in [6.45, 7) is 0. The van der Waals surface area contributed by atoms with Crippen LogP contribution >= 0.6 is 0 Å². The van der Waals surface area contributed by atoms with E-state index in [1.165, 1.54) is 18.2 Å². The Labute approximate surface area is 145 Å². The molecule has 0 saturated carbocycles. The van der Waals surface area contributed by atoms with Crippen molar-refractivity contribution in [2.24, 2.45) is 0 Å². The maximum absolute atomic E-state index is 13.1. The molecular formula is C18H15N3O3S. The van der Waals surface area contributed by atoms with Crippen molar-refractivity contribution in [3.05, 3.63) is 83.0 Å². The van der Waals surface area contributed by atoms with Crippen LogP contribution in [0.25, 0.3) is 11.3 Å². The second kappa shape index (κ2) is 6.74. The van der Waals surface area contributed by atoms with Gasteiger partial charge in [0.15, 0.2) is 0 Å². The number of hydrogen-bond donors (Lipinski definition) is 1. The summed E-state index contributed by atoms with van der Waals surface area (Å²) < 4.78 is 16.0. The summed E-state index contributed by atoms with van der Waals surface area (Å²) in [7, 11) is -3.14. The number of nitro groups is 1. The minimum atomic E-state index is -3.14. The van der Waals surface area contributed by atoms with Crippen molar-refractivity contribution in [1.82, 2.24) is 4.98 Å². The van der Waals surface area contributed by atoms with Gasteiger partial charge in [-0.25, -0.2) is 4.21 Å². The van der Waals surface area contributed by atoms with E-state index >= 15 is 0 Å². The molecule has 3 aromatic rings. The first-order valence-electron chi connectivity index (χ1n) is 7.38. The highest BCUT2D eigenvalue weighted by Crippen LogP contribution is 2.30. The van der Waals surface area contributed by atoms with Crippen molar-refractivity contribution in [2.45, 2.75) is 4.90 Å². The van der Waals surface area contributed by atoms with Gasteiger partial charge in [-0.05, 0) is 30.1 Å². The van der Waals surface area contributed by atoms with Gasteiger partial charge >= 0.3 is 0 Å². The minimum Gasteiger partial charge on any atom is -0.308 e. The van der Waals surface area contributed by atoms with E-state index in [0.717, 1.165) is 5.56 Å². The molecule has 0 spiro atoms. The Bertz CT molecular complexity index is 1020. The Hall–Kier alpha value is -3.19. The summed E-state index contributed by atoms with van der Waals surface area (Å²) in [4.78, 5) is 15.0. The maximum Gasteiger partial charge on any atom is 0.286 e. The molecule has 0 bridgehead atoms. The topological polar surface area (TPSA) is 85.1 Å². The van der Waals surface area contributed by atoms with Crippen molar-refractivity contribution >= 4 is 27.0 Å². The van der Waals surface area contributed by atoms with E-state index in [1.54, 1.807) is 30.5 Å². The highest BCUT2D eigenvalue weighted by atomic mass is 32.2. The van der Waals surface area contributed by atoms with Gasteiger partial charge in [0.05, 0.1) is 26.0 Å². The van der Waals surface area contributed by atoms with Gasteiger partial charge in [-0.15, -0.1) is 0 Å². The van der Waals surface area contributed by atoms with Crippen LogP contribution in [0.1, 0.15) is 0 Å². The Morgan fingerprint density at radius 1 is 1.00 bits per heavy atom. The molecule has 3 rings (SSSR count). The molecule has 1 aromatic heterocycles. The molecule has 0 aliphatic rings. The van der Waals surface area contributed by atoms with Crippen molar-refractivity contribution < 1.29 is 9.13 Å². The summed E-state index contributed by atoms with van der Waals surface area (Å²) in [5.41, 5.74) is 1.74. The van der Waals surface area contributed by atoms with Crippen LogP contribution in [0.5, 0.6) is 0 Å². The molecule has 126 valence electrons. The number of aromatic nitrogens is 1. The minimum absolute atomic E-state index is 0.0517. The lowest BCUT2D eigenvalue weighted by atomic mass is 10.1. The first-order chi connectivity index (χ1) is 12.0. The lowest BCUT2D eigenvalue weighted by molar-refractivity contribution is -0.387. The van der Waals surface area contributed by atoms with Gasteiger partial charge in [0, 0.05) is 17.8 Å². The van der Waals surface area contributed by atoms with E-state index in [9.17, 15) is 14.3 Å². The molecule has 0 amide bonds. The highest BCUT2D eigenvalue weighted by molar-refractivity contribution is 8.01. The van der Waals surface area contributed by atoms with Gasteiger partial charge in [0.25, 0.3) is 5.69 Å². The average molecular weight is 353 g/mol. The molecule has 1 heterocycles. The Kier molecular flexibility index (Phi) is 4.49. The van der Waals surface area contributed by atoms with Crippen molar-refractivity contribution in [2.75, 3.05) is 4.72 Å². The molecule has 1 unspecified atom stereocenters. The van der Waals surface area contributed by atoms with Crippen LogP contribution in [0.15, 0.2) is 77.8 Å². The number of rotatable bonds is 5. The summed E-state index contributed by atoms with van der Waals surface area (Å²) in [6, 6.07) is 18.6. The number of nitrogens with one attached hydrogen (secondary N) is 1. The van der Waals surface area contributed by atoms with E-state index in [2.05, 4.69) is 15.6 Å². The lowest BCUT2D eigenvalue weighted by Crippen LogP contribution is -2.15. The predicted molar refractivity (Wildman–Crippen MR) is 99.9 cm³/mol. The van der Waals surface area contributed by atoms with Crippen LogP contribution in [0.3, 0.4) is 0 Å². The van der Waals surface area contributed by atoms with Crippen molar-refractivity contribution in [3.63, 3.8) is 0 Å². The van der Waals surface area contributed by atoms with Crippen LogP contribution in [-0.2, 0) is 9.71 Å². The van der Waals surface area contributed by atoms with Crippen molar-refractivity contribution in [3.8, 4) is 11.3 Å². The fraction of sp³-hybridized carbons (Fsp3) is 0. The van der Waals surface area contributed by atoms with E-state index in [0.29, 0.717) is 11.4 Å². The van der Waals surface area contributed by atoms with Crippen LogP contribution in [0, 0.1) is 10.1 Å². The first-order valence-corrected chi connectivity index (χ1v) is 9.10. The molecule has 1 atom stereocenters. The molecule has 0 aliphatic carbocycles. The standard InChI is InChI=1S/C18H15N3O3S/c1-25(24,18-12-5-4-11-17(18)21(22)23)20-16-10-3-2-8-14(16)15-9-6-7-13-19-15/h2-13H,1H2,(H,20,24). The number of benzene rings is 2. The summed E-state index contributed by atoms with van der Waals surface area (Å²) in [5, 5.41) is 11.2. The van der Waals surface area contributed by atoms with Crippen molar-refractivity contribution in [1.29, 1.82) is 0 Å². The summed E-state index contributed by atoms with van der Waals surface area (Å²) in [6.07, 6.45) is 1.66. The second-order valence-electron chi connectivity index (χ2n) is 5.26. The van der Waals surface area contributed by atoms with Gasteiger partial charge < -0.3 is 4.72 Å². The Morgan fingerprint density at radius 3 is 2.40 bits per heavy atom. The van der Waals surface area contributed by atoms with Crippen LogP contribution < -0.4 is 4.72 Å². The molecule has 0 aliphatic heterocycles. The van der Waals surface area contributed by atoms with Gasteiger partial charge in [-0.1, -0.05) is 36.4 Å². The monoisotopic (exact) mass is 353 g/mol. The normalized spacial score (nSPS) is 13.0. The molecule has 25 heavy (non-hydrogen) atoms. The Morgan fingerprint density at radius 2 is 1.68 bits per heavy atom. The number of anilines is 1. The van der Waals surface area contributed by atoms with Crippen LogP contribution in [0.4, 0.5) is 11.4 Å². The molecule has 1 N–H and O–H groups in total. The molecule has 7 heteroatoms. The smallest absolute Gasteiger partial charge is 0.286 e. The van der Waals surface area contributed by atoms with Gasteiger partial charge in [-0.3, -0.25) is 15.1 Å². The molecule has 0 saturated heterocycles. The zero-order valence-electron chi connectivity index (χ0n) is 13.2. The van der Waals surface area contributed by atoms with Gasteiger partial charge in [0.1, 0.15) is 4.90 Å².